The Labute approximate surface area is 202 Å². The molecule has 31 heavy (non-hydrogen) atoms. The summed E-state index contributed by atoms with van der Waals surface area (Å²) in [6, 6.07) is 14.9. The summed E-state index contributed by atoms with van der Waals surface area (Å²) in [5.41, 5.74) is 4.73. The lowest BCUT2D eigenvalue weighted by Crippen LogP contribution is -2.36. The first kappa shape index (κ1) is 25.0. The first-order chi connectivity index (χ1) is 14.7. The van der Waals surface area contributed by atoms with Gasteiger partial charge in [-0.15, -0.1) is 24.0 Å². The van der Waals surface area contributed by atoms with Crippen LogP contribution >= 0.6 is 24.0 Å². The molecular formula is C24H33IN4O2. The molecule has 168 valence electrons. The van der Waals surface area contributed by atoms with Crippen molar-refractivity contribution in [3.8, 4) is 5.75 Å². The highest BCUT2D eigenvalue weighted by Gasteiger charge is 2.08. The van der Waals surface area contributed by atoms with E-state index in [1.54, 1.807) is 14.2 Å². The minimum absolute atomic E-state index is 0. The van der Waals surface area contributed by atoms with E-state index in [1.807, 2.05) is 0 Å². The van der Waals surface area contributed by atoms with Crippen LogP contribution in [0.5, 0.6) is 5.75 Å². The molecule has 3 rings (SSSR count). The number of rotatable bonds is 9. The fourth-order valence-corrected chi connectivity index (χ4v) is 3.28. The number of aliphatic imine (C=N–C) groups is 1. The zero-order chi connectivity index (χ0) is 21.2. The van der Waals surface area contributed by atoms with E-state index in [9.17, 15) is 0 Å². The summed E-state index contributed by atoms with van der Waals surface area (Å²) in [5, 5.41) is 6.75. The molecule has 0 aliphatic carbocycles. The van der Waals surface area contributed by atoms with Crippen LogP contribution in [0.15, 0.2) is 59.6 Å². The van der Waals surface area contributed by atoms with E-state index >= 15 is 0 Å². The number of hydrogen-bond acceptors (Lipinski definition) is 4. The number of aryl methyl sites for hydroxylation is 1. The highest BCUT2D eigenvalue weighted by atomic mass is 127. The van der Waals surface area contributed by atoms with Crippen molar-refractivity contribution in [2.24, 2.45) is 4.99 Å². The molecule has 6 nitrogen and oxygen atoms in total. The fraction of sp³-hybridized carbons (Fsp3) is 0.375. The van der Waals surface area contributed by atoms with E-state index in [2.05, 4.69) is 82.1 Å². The van der Waals surface area contributed by atoms with Gasteiger partial charge in [0.15, 0.2) is 5.96 Å². The van der Waals surface area contributed by atoms with Gasteiger partial charge in [0.25, 0.3) is 0 Å². The molecule has 7 heteroatoms. The molecule has 1 heterocycles. The summed E-state index contributed by atoms with van der Waals surface area (Å²) in [4.78, 5) is 6.68. The Bertz CT molecular complexity index is 860. The van der Waals surface area contributed by atoms with Crippen LogP contribution in [0.2, 0.25) is 0 Å². The molecule has 0 bridgehead atoms. The minimum atomic E-state index is 0. The van der Waals surface area contributed by atoms with Crippen LogP contribution in [-0.2, 0) is 17.8 Å². The van der Waals surface area contributed by atoms with Gasteiger partial charge in [0.05, 0.1) is 6.61 Å². The monoisotopic (exact) mass is 536 g/mol. The standard InChI is InChI=1S/C24H32N4O2.HI/c1-19-6-9-21(23(16-19)30-15-14-29-3)18-27-24(25-2)26-17-20-7-10-22(11-8-20)28-12-4-5-13-28;/h4-11,16H,12-15,17-18H2,1-3H3,(H2,25,26,27);1H. The highest BCUT2D eigenvalue weighted by molar-refractivity contribution is 14.0. The lowest BCUT2D eigenvalue weighted by atomic mass is 10.1. The summed E-state index contributed by atoms with van der Waals surface area (Å²) in [6.07, 6.45) is 4.40. The highest BCUT2D eigenvalue weighted by Crippen LogP contribution is 2.20. The second-order valence-corrected chi connectivity index (χ2v) is 7.27. The third kappa shape index (κ3) is 7.74. The van der Waals surface area contributed by atoms with Gasteiger partial charge in [0, 0.05) is 51.6 Å². The maximum absolute atomic E-state index is 5.87. The number of benzene rings is 2. The first-order valence-corrected chi connectivity index (χ1v) is 10.3. The van der Waals surface area contributed by atoms with E-state index in [-0.39, 0.29) is 24.0 Å². The number of halogens is 1. The molecule has 0 saturated carbocycles. The Hall–Kier alpha value is -2.26. The molecule has 2 N–H and O–H groups in total. The fourth-order valence-electron chi connectivity index (χ4n) is 3.28. The molecule has 0 radical (unpaired) electrons. The number of nitrogens with one attached hydrogen (secondary N) is 2. The van der Waals surface area contributed by atoms with Gasteiger partial charge in [-0.2, -0.15) is 0 Å². The largest absolute Gasteiger partial charge is 0.491 e. The molecule has 2 aromatic rings. The van der Waals surface area contributed by atoms with Crippen LogP contribution in [0.3, 0.4) is 0 Å². The van der Waals surface area contributed by atoms with Gasteiger partial charge < -0.3 is 25.0 Å². The second kappa shape index (κ2) is 13.2. The van der Waals surface area contributed by atoms with Crippen LogP contribution in [0, 0.1) is 6.92 Å². The number of guanidine groups is 1. The number of hydrogen-bond donors (Lipinski definition) is 2. The zero-order valence-electron chi connectivity index (χ0n) is 18.6. The van der Waals surface area contributed by atoms with Crippen molar-refractivity contribution in [3.05, 3.63) is 71.3 Å². The van der Waals surface area contributed by atoms with Crippen molar-refractivity contribution < 1.29 is 9.47 Å². The van der Waals surface area contributed by atoms with Crippen LogP contribution in [0.1, 0.15) is 16.7 Å². The summed E-state index contributed by atoms with van der Waals surface area (Å²) in [5.74, 6) is 1.63. The summed E-state index contributed by atoms with van der Waals surface area (Å²) in [7, 11) is 3.46. The Kier molecular flexibility index (Phi) is 10.7. The number of anilines is 1. The maximum Gasteiger partial charge on any atom is 0.191 e. The third-order valence-electron chi connectivity index (χ3n) is 5.02. The molecule has 0 unspecified atom stereocenters. The molecular weight excluding hydrogens is 503 g/mol. The van der Waals surface area contributed by atoms with Crippen molar-refractivity contribution in [2.75, 3.05) is 45.4 Å². The Balaban J connectivity index is 0.00000341. The van der Waals surface area contributed by atoms with Gasteiger partial charge in [-0.25, -0.2) is 0 Å². The molecule has 1 aliphatic rings. The molecule has 0 saturated heterocycles. The van der Waals surface area contributed by atoms with Crippen LogP contribution < -0.4 is 20.3 Å². The van der Waals surface area contributed by atoms with Crippen molar-refractivity contribution in [2.45, 2.75) is 20.0 Å². The third-order valence-corrected chi connectivity index (χ3v) is 5.02. The topological polar surface area (TPSA) is 58.1 Å². The molecule has 0 spiro atoms. The van der Waals surface area contributed by atoms with E-state index in [1.165, 1.54) is 16.8 Å². The molecule has 0 atom stereocenters. The van der Waals surface area contributed by atoms with E-state index in [0.717, 1.165) is 30.4 Å². The maximum atomic E-state index is 5.87. The van der Waals surface area contributed by atoms with Gasteiger partial charge >= 0.3 is 0 Å². The summed E-state index contributed by atoms with van der Waals surface area (Å²) >= 11 is 0. The molecule has 0 aromatic heterocycles. The second-order valence-electron chi connectivity index (χ2n) is 7.27. The SMILES string of the molecule is CN=C(NCc1ccc(N2CC=CC2)cc1)NCc1ccc(C)cc1OCCOC.I. The Morgan fingerprint density at radius 3 is 2.39 bits per heavy atom. The minimum Gasteiger partial charge on any atom is -0.491 e. The summed E-state index contributed by atoms with van der Waals surface area (Å²) < 4.78 is 11.0. The van der Waals surface area contributed by atoms with Gasteiger partial charge in [0.2, 0.25) is 0 Å². The Morgan fingerprint density at radius 1 is 1.00 bits per heavy atom. The number of ether oxygens (including phenoxy) is 2. The zero-order valence-corrected chi connectivity index (χ0v) is 20.9. The smallest absolute Gasteiger partial charge is 0.191 e. The number of nitrogens with zero attached hydrogens (tertiary/aromatic N) is 2. The van der Waals surface area contributed by atoms with Crippen LogP contribution in [0.25, 0.3) is 0 Å². The first-order valence-electron chi connectivity index (χ1n) is 10.3. The molecule has 2 aromatic carbocycles. The van der Waals surface area contributed by atoms with Crippen LogP contribution in [0.4, 0.5) is 5.69 Å². The van der Waals surface area contributed by atoms with Crippen molar-refractivity contribution in [1.29, 1.82) is 0 Å². The van der Waals surface area contributed by atoms with Gasteiger partial charge in [0.1, 0.15) is 12.4 Å². The van der Waals surface area contributed by atoms with Gasteiger partial charge in [-0.1, -0.05) is 36.4 Å². The predicted octanol–water partition coefficient (Wildman–Crippen LogP) is 3.88. The average Bonchev–Trinajstić information content (AvgIpc) is 3.30. The Morgan fingerprint density at radius 2 is 1.71 bits per heavy atom. The van der Waals surface area contributed by atoms with Crippen molar-refractivity contribution in [1.82, 2.24) is 10.6 Å². The lowest BCUT2D eigenvalue weighted by Gasteiger charge is -2.18. The average molecular weight is 536 g/mol. The lowest BCUT2D eigenvalue weighted by molar-refractivity contribution is 0.145. The molecule has 0 fully saturated rings. The van der Waals surface area contributed by atoms with E-state index < -0.39 is 0 Å². The molecule has 1 aliphatic heterocycles. The van der Waals surface area contributed by atoms with E-state index in [4.69, 9.17) is 9.47 Å². The van der Waals surface area contributed by atoms with Crippen LogP contribution in [-0.4, -0.2) is 46.4 Å². The number of methoxy groups -OCH3 is 1. The normalized spacial score (nSPS) is 13.1. The van der Waals surface area contributed by atoms with Crippen molar-refractivity contribution >= 4 is 35.6 Å². The quantitative estimate of drug-likeness (QED) is 0.168. The van der Waals surface area contributed by atoms with Crippen molar-refractivity contribution in [3.63, 3.8) is 0 Å². The predicted molar refractivity (Wildman–Crippen MR) is 139 cm³/mol. The van der Waals surface area contributed by atoms with Gasteiger partial charge in [-0.05, 0) is 36.2 Å². The molecule has 0 amide bonds. The summed E-state index contributed by atoms with van der Waals surface area (Å²) in [6.45, 7) is 6.48. The van der Waals surface area contributed by atoms with Gasteiger partial charge in [-0.3, -0.25) is 4.99 Å². The van der Waals surface area contributed by atoms with E-state index in [0.29, 0.717) is 26.3 Å².